The van der Waals surface area contributed by atoms with Crippen LogP contribution in [0.3, 0.4) is 0 Å². The fourth-order valence-corrected chi connectivity index (χ4v) is 1.87. The number of benzene rings is 1. The second-order valence-electron chi connectivity index (χ2n) is 6.12. The van der Waals surface area contributed by atoms with Crippen LogP contribution in [0.1, 0.15) is 44.4 Å². The van der Waals surface area contributed by atoms with Crippen LogP contribution >= 0.6 is 0 Å². The minimum Gasteiger partial charge on any atom is -0.384 e. The molecular weight excluding hydrogens is 210 g/mol. The maximum absolute atomic E-state index is 10.6. The van der Waals surface area contributed by atoms with Gasteiger partial charge < -0.3 is 10.4 Å². The Bertz CT molecular complexity index is 388. The molecule has 0 aliphatic carbocycles. The molecule has 0 aliphatic rings. The molecule has 17 heavy (non-hydrogen) atoms. The van der Waals surface area contributed by atoms with E-state index in [0.29, 0.717) is 6.54 Å². The van der Waals surface area contributed by atoms with E-state index in [0.717, 1.165) is 5.56 Å². The van der Waals surface area contributed by atoms with Crippen molar-refractivity contribution in [1.29, 1.82) is 0 Å². The van der Waals surface area contributed by atoms with Gasteiger partial charge in [0.05, 0.1) is 5.60 Å². The topological polar surface area (TPSA) is 32.3 Å². The fourth-order valence-electron chi connectivity index (χ4n) is 1.87. The van der Waals surface area contributed by atoms with E-state index in [1.165, 1.54) is 11.1 Å². The zero-order chi connectivity index (χ0) is 13.3. The first-order chi connectivity index (χ1) is 7.63. The second kappa shape index (κ2) is 4.79. The molecule has 0 aromatic heterocycles. The van der Waals surface area contributed by atoms with E-state index in [1.807, 2.05) is 19.1 Å². The molecule has 1 aromatic rings. The van der Waals surface area contributed by atoms with Gasteiger partial charge in [0.2, 0.25) is 0 Å². The lowest BCUT2D eigenvalue weighted by Gasteiger charge is -2.31. The zero-order valence-electron chi connectivity index (χ0n) is 11.9. The Morgan fingerprint density at radius 2 is 1.71 bits per heavy atom. The van der Waals surface area contributed by atoms with E-state index >= 15 is 0 Å². The summed E-state index contributed by atoms with van der Waals surface area (Å²) in [6.07, 6.45) is 0. The number of aryl methyl sites for hydroxylation is 1. The van der Waals surface area contributed by atoms with Crippen LogP contribution in [0.25, 0.3) is 0 Å². The monoisotopic (exact) mass is 235 g/mol. The summed E-state index contributed by atoms with van der Waals surface area (Å²) < 4.78 is 0. The third-order valence-electron chi connectivity index (χ3n) is 3.15. The molecule has 96 valence electrons. The lowest BCUT2D eigenvalue weighted by atomic mass is 9.89. The normalized spacial score (nSPS) is 15.7. The first-order valence-corrected chi connectivity index (χ1v) is 6.17. The van der Waals surface area contributed by atoms with Crippen molar-refractivity contribution in [2.45, 2.75) is 52.7 Å². The van der Waals surface area contributed by atoms with Crippen molar-refractivity contribution in [2.24, 2.45) is 0 Å². The number of β-amino-alcohol motifs (C(OH)–C–C–N with tert-alkyl or cyclic N) is 1. The van der Waals surface area contributed by atoms with E-state index in [2.05, 4.69) is 46.0 Å². The van der Waals surface area contributed by atoms with Crippen LogP contribution in [0.4, 0.5) is 0 Å². The van der Waals surface area contributed by atoms with Gasteiger partial charge in [-0.3, -0.25) is 0 Å². The number of hydrogen-bond donors (Lipinski definition) is 2. The average Bonchev–Trinajstić information content (AvgIpc) is 2.18. The molecule has 1 atom stereocenters. The standard InChI is InChI=1S/C15H25NO/c1-11-8-7-9-13(12(11)2)15(6,17)10-16-14(3,4)5/h7-9,16-17H,10H2,1-6H3. The van der Waals surface area contributed by atoms with E-state index in [1.54, 1.807) is 0 Å². The molecule has 0 heterocycles. The van der Waals surface area contributed by atoms with Crippen LogP contribution in [0.2, 0.25) is 0 Å². The summed E-state index contributed by atoms with van der Waals surface area (Å²) in [6, 6.07) is 6.09. The summed E-state index contributed by atoms with van der Waals surface area (Å²) in [4.78, 5) is 0. The zero-order valence-corrected chi connectivity index (χ0v) is 11.9. The molecule has 2 heteroatoms. The maximum Gasteiger partial charge on any atom is 0.0995 e. The van der Waals surface area contributed by atoms with Crippen molar-refractivity contribution < 1.29 is 5.11 Å². The lowest BCUT2D eigenvalue weighted by Crippen LogP contribution is -2.45. The predicted molar refractivity (Wildman–Crippen MR) is 73.2 cm³/mol. The van der Waals surface area contributed by atoms with Gasteiger partial charge in [0.1, 0.15) is 0 Å². The molecule has 2 N–H and O–H groups in total. The first kappa shape index (κ1) is 14.2. The number of rotatable bonds is 3. The van der Waals surface area contributed by atoms with Crippen LogP contribution in [0, 0.1) is 13.8 Å². The second-order valence-corrected chi connectivity index (χ2v) is 6.12. The van der Waals surface area contributed by atoms with Crippen molar-refractivity contribution >= 4 is 0 Å². The molecule has 0 bridgehead atoms. The Labute approximate surface area is 105 Å². The molecule has 0 fully saturated rings. The van der Waals surface area contributed by atoms with Crippen molar-refractivity contribution in [3.05, 3.63) is 34.9 Å². The summed E-state index contributed by atoms with van der Waals surface area (Å²) in [7, 11) is 0. The molecule has 0 saturated heterocycles. The minimum atomic E-state index is -0.830. The highest BCUT2D eigenvalue weighted by atomic mass is 16.3. The molecule has 0 amide bonds. The van der Waals surface area contributed by atoms with Gasteiger partial charge in [-0.2, -0.15) is 0 Å². The lowest BCUT2D eigenvalue weighted by molar-refractivity contribution is 0.0495. The molecule has 1 unspecified atom stereocenters. The van der Waals surface area contributed by atoms with E-state index < -0.39 is 5.60 Å². The summed E-state index contributed by atoms with van der Waals surface area (Å²) in [5.74, 6) is 0. The highest BCUT2D eigenvalue weighted by Crippen LogP contribution is 2.25. The molecule has 1 rings (SSSR count). The van der Waals surface area contributed by atoms with Crippen molar-refractivity contribution in [1.82, 2.24) is 5.32 Å². The quantitative estimate of drug-likeness (QED) is 0.844. The molecule has 0 spiro atoms. The highest BCUT2D eigenvalue weighted by molar-refractivity contribution is 5.37. The van der Waals surface area contributed by atoms with Crippen molar-refractivity contribution in [3.63, 3.8) is 0 Å². The Kier molecular flexibility index (Phi) is 4.00. The largest absolute Gasteiger partial charge is 0.384 e. The molecule has 0 saturated carbocycles. The van der Waals surface area contributed by atoms with Crippen LogP contribution in [0.5, 0.6) is 0 Å². The summed E-state index contributed by atoms with van der Waals surface area (Å²) in [6.45, 7) is 12.9. The van der Waals surface area contributed by atoms with Gasteiger partial charge in [0.25, 0.3) is 0 Å². The number of aliphatic hydroxyl groups is 1. The number of hydrogen-bond acceptors (Lipinski definition) is 2. The Morgan fingerprint density at radius 3 is 2.24 bits per heavy atom. The Hall–Kier alpha value is -0.860. The van der Waals surface area contributed by atoms with Gasteiger partial charge in [-0.1, -0.05) is 18.2 Å². The Morgan fingerprint density at radius 1 is 1.12 bits per heavy atom. The molecular formula is C15H25NO. The van der Waals surface area contributed by atoms with E-state index in [9.17, 15) is 5.11 Å². The third-order valence-corrected chi connectivity index (χ3v) is 3.15. The maximum atomic E-state index is 10.6. The van der Waals surface area contributed by atoms with Crippen LogP contribution in [-0.4, -0.2) is 17.2 Å². The SMILES string of the molecule is Cc1cccc(C(C)(O)CNC(C)(C)C)c1C. The van der Waals surface area contributed by atoms with Crippen molar-refractivity contribution in [2.75, 3.05) is 6.54 Å². The first-order valence-electron chi connectivity index (χ1n) is 6.17. The summed E-state index contributed by atoms with van der Waals surface area (Å²) in [5, 5.41) is 13.9. The van der Waals surface area contributed by atoms with Gasteiger partial charge in [0, 0.05) is 12.1 Å². The van der Waals surface area contributed by atoms with Gasteiger partial charge in [-0.15, -0.1) is 0 Å². The smallest absolute Gasteiger partial charge is 0.0995 e. The van der Waals surface area contributed by atoms with Gasteiger partial charge in [-0.05, 0) is 58.2 Å². The van der Waals surface area contributed by atoms with Gasteiger partial charge in [0.15, 0.2) is 0 Å². The molecule has 0 aliphatic heterocycles. The third kappa shape index (κ3) is 3.83. The van der Waals surface area contributed by atoms with Crippen LogP contribution in [0.15, 0.2) is 18.2 Å². The van der Waals surface area contributed by atoms with Crippen LogP contribution in [-0.2, 0) is 5.60 Å². The minimum absolute atomic E-state index is 0.0156. The number of nitrogens with one attached hydrogen (secondary N) is 1. The Balaban J connectivity index is 2.93. The molecule has 2 nitrogen and oxygen atoms in total. The van der Waals surface area contributed by atoms with E-state index in [-0.39, 0.29) is 5.54 Å². The fraction of sp³-hybridized carbons (Fsp3) is 0.600. The molecule has 0 radical (unpaired) electrons. The highest BCUT2D eigenvalue weighted by Gasteiger charge is 2.26. The van der Waals surface area contributed by atoms with Crippen LogP contribution < -0.4 is 5.32 Å². The predicted octanol–water partition coefficient (Wildman–Crippen LogP) is 2.90. The van der Waals surface area contributed by atoms with E-state index in [4.69, 9.17) is 0 Å². The summed E-state index contributed by atoms with van der Waals surface area (Å²) >= 11 is 0. The van der Waals surface area contributed by atoms with Crippen molar-refractivity contribution in [3.8, 4) is 0 Å². The van der Waals surface area contributed by atoms with Gasteiger partial charge in [-0.25, -0.2) is 0 Å². The van der Waals surface area contributed by atoms with Gasteiger partial charge >= 0.3 is 0 Å². The molecule has 1 aromatic carbocycles. The summed E-state index contributed by atoms with van der Waals surface area (Å²) in [5.41, 5.74) is 2.59. The average molecular weight is 235 g/mol.